The molecule has 0 aromatic heterocycles. The van der Waals surface area contributed by atoms with Gasteiger partial charge in [0.25, 0.3) is 0 Å². The highest BCUT2D eigenvalue weighted by Crippen LogP contribution is 2.29. The van der Waals surface area contributed by atoms with E-state index in [0.717, 1.165) is 12.1 Å². The highest BCUT2D eigenvalue weighted by atomic mass is 35.5. The quantitative estimate of drug-likeness (QED) is 0.732. The van der Waals surface area contributed by atoms with Crippen molar-refractivity contribution in [3.63, 3.8) is 0 Å². The first-order valence-corrected chi connectivity index (χ1v) is 7.80. The van der Waals surface area contributed by atoms with Crippen LogP contribution >= 0.6 is 23.2 Å². The van der Waals surface area contributed by atoms with Crippen LogP contribution in [0.3, 0.4) is 0 Å². The summed E-state index contributed by atoms with van der Waals surface area (Å²) in [5.41, 5.74) is -0.447. The van der Waals surface area contributed by atoms with Gasteiger partial charge in [-0.3, -0.25) is 4.79 Å². The van der Waals surface area contributed by atoms with Crippen molar-refractivity contribution in [2.75, 3.05) is 7.05 Å². The second-order valence-electron chi connectivity index (χ2n) is 4.03. The Morgan fingerprint density at radius 3 is 2.33 bits per heavy atom. The van der Waals surface area contributed by atoms with E-state index in [0.29, 0.717) is 0 Å². The lowest BCUT2D eigenvalue weighted by molar-refractivity contribution is -0.121. The molecule has 0 spiro atoms. The maximum absolute atomic E-state index is 12.2. The van der Waals surface area contributed by atoms with Gasteiger partial charge in [0, 0.05) is 12.1 Å². The third-order valence-corrected chi connectivity index (χ3v) is 4.80. The minimum atomic E-state index is -4.21. The molecule has 0 saturated heterocycles. The summed E-state index contributed by atoms with van der Waals surface area (Å²) in [6.45, 7) is 1.33. The fourth-order valence-electron chi connectivity index (χ4n) is 1.48. The monoisotopic (exact) mass is 354 g/mol. The Hall–Kier alpha value is -1.35. The smallest absolute Gasteiger partial charge is 0.337 e. The van der Waals surface area contributed by atoms with E-state index in [1.807, 2.05) is 0 Å². The van der Waals surface area contributed by atoms with Crippen molar-refractivity contribution in [2.24, 2.45) is 0 Å². The number of hydrogen-bond donors (Lipinski definition) is 3. The maximum Gasteiger partial charge on any atom is 0.337 e. The average molecular weight is 355 g/mol. The number of hydrogen-bond acceptors (Lipinski definition) is 4. The zero-order valence-electron chi connectivity index (χ0n) is 11.0. The van der Waals surface area contributed by atoms with E-state index in [1.54, 1.807) is 0 Å². The van der Waals surface area contributed by atoms with Crippen molar-refractivity contribution in [3.05, 3.63) is 27.7 Å². The van der Waals surface area contributed by atoms with Crippen molar-refractivity contribution >= 4 is 45.1 Å². The lowest BCUT2D eigenvalue weighted by Gasteiger charge is -2.14. The van der Waals surface area contributed by atoms with E-state index in [-0.39, 0.29) is 5.02 Å². The first kappa shape index (κ1) is 17.7. The third kappa shape index (κ3) is 4.07. The van der Waals surface area contributed by atoms with Gasteiger partial charge >= 0.3 is 5.97 Å². The molecule has 0 bridgehead atoms. The van der Waals surface area contributed by atoms with Crippen LogP contribution in [0.5, 0.6) is 0 Å². The molecule has 0 radical (unpaired) electrons. The van der Waals surface area contributed by atoms with E-state index in [2.05, 4.69) is 10.0 Å². The summed E-state index contributed by atoms with van der Waals surface area (Å²) in [6.07, 6.45) is 0. The van der Waals surface area contributed by atoms with Crippen molar-refractivity contribution in [1.29, 1.82) is 0 Å². The predicted molar refractivity (Wildman–Crippen MR) is 77.3 cm³/mol. The molecular formula is C11H12Cl2N2O5S. The highest BCUT2D eigenvalue weighted by Gasteiger charge is 2.26. The standard InChI is InChI=1S/C11H12Cl2N2O5S/c1-5(10(16)14-2)15-21(19,20)8-4-6(12)3-7(9(8)13)11(17)18/h3-5,15H,1-2H3,(H,14,16)(H,17,18). The summed E-state index contributed by atoms with van der Waals surface area (Å²) in [7, 11) is -2.87. The number of carbonyl (C=O) groups is 2. The Morgan fingerprint density at radius 1 is 1.29 bits per heavy atom. The Labute approximate surface area is 131 Å². The molecule has 3 N–H and O–H groups in total. The molecule has 1 atom stereocenters. The maximum atomic E-state index is 12.2. The molecule has 116 valence electrons. The molecule has 1 rings (SSSR count). The zero-order chi connectivity index (χ0) is 16.4. The second kappa shape index (κ2) is 6.61. The summed E-state index contributed by atoms with van der Waals surface area (Å²) in [6, 6.07) is 0.978. The number of halogens is 2. The van der Waals surface area contributed by atoms with E-state index in [4.69, 9.17) is 28.3 Å². The Kier molecular flexibility index (Phi) is 5.57. The molecule has 0 aliphatic heterocycles. The van der Waals surface area contributed by atoms with Crippen LogP contribution < -0.4 is 10.0 Å². The molecule has 0 aliphatic rings. The predicted octanol–water partition coefficient (Wildman–Crippen LogP) is 1.10. The van der Waals surface area contributed by atoms with Crippen molar-refractivity contribution in [2.45, 2.75) is 17.9 Å². The van der Waals surface area contributed by atoms with Gasteiger partial charge in [0.15, 0.2) is 0 Å². The average Bonchev–Trinajstić information content (AvgIpc) is 2.38. The molecule has 21 heavy (non-hydrogen) atoms. The minimum Gasteiger partial charge on any atom is -0.478 e. The summed E-state index contributed by atoms with van der Waals surface area (Å²) in [5.74, 6) is -1.98. The normalized spacial score (nSPS) is 12.8. The van der Waals surface area contributed by atoms with Gasteiger partial charge in [0.05, 0.1) is 16.6 Å². The zero-order valence-corrected chi connectivity index (χ0v) is 13.3. The lowest BCUT2D eigenvalue weighted by Crippen LogP contribution is -2.43. The Balaban J connectivity index is 3.32. The van der Waals surface area contributed by atoms with Gasteiger partial charge in [0.1, 0.15) is 4.90 Å². The molecule has 0 aliphatic carbocycles. The van der Waals surface area contributed by atoms with Crippen LogP contribution in [-0.4, -0.2) is 38.5 Å². The van der Waals surface area contributed by atoms with Crippen molar-refractivity contribution in [1.82, 2.24) is 10.0 Å². The summed E-state index contributed by atoms with van der Waals surface area (Å²) < 4.78 is 26.4. The first-order chi connectivity index (χ1) is 9.60. The van der Waals surface area contributed by atoms with Crippen LogP contribution in [0.1, 0.15) is 17.3 Å². The largest absolute Gasteiger partial charge is 0.478 e. The fourth-order valence-corrected chi connectivity index (χ4v) is 3.59. The molecule has 10 heteroatoms. The number of sulfonamides is 1. The molecule has 0 fully saturated rings. The van der Waals surface area contributed by atoms with Crippen LogP contribution in [0.2, 0.25) is 10.0 Å². The van der Waals surface area contributed by atoms with Crippen LogP contribution in [0.15, 0.2) is 17.0 Å². The number of carbonyl (C=O) groups excluding carboxylic acids is 1. The molecule has 0 saturated carbocycles. The Bertz CT molecular complexity index is 690. The van der Waals surface area contributed by atoms with Crippen LogP contribution in [-0.2, 0) is 14.8 Å². The Morgan fingerprint density at radius 2 is 1.86 bits per heavy atom. The number of amides is 1. The van der Waals surface area contributed by atoms with Crippen LogP contribution in [0, 0.1) is 0 Å². The number of rotatable bonds is 5. The van der Waals surface area contributed by atoms with Crippen LogP contribution in [0.25, 0.3) is 0 Å². The van der Waals surface area contributed by atoms with Crippen LogP contribution in [0.4, 0.5) is 0 Å². The third-order valence-electron chi connectivity index (χ3n) is 2.50. The van der Waals surface area contributed by atoms with Gasteiger partial charge in [-0.05, 0) is 19.1 Å². The van der Waals surface area contributed by atoms with Gasteiger partial charge < -0.3 is 10.4 Å². The van der Waals surface area contributed by atoms with E-state index >= 15 is 0 Å². The minimum absolute atomic E-state index is 0.107. The van der Waals surface area contributed by atoms with Gasteiger partial charge in [-0.25, -0.2) is 13.2 Å². The van der Waals surface area contributed by atoms with Crippen molar-refractivity contribution in [3.8, 4) is 0 Å². The van der Waals surface area contributed by atoms with Gasteiger partial charge in [0.2, 0.25) is 15.9 Å². The van der Waals surface area contributed by atoms with Gasteiger partial charge in [-0.15, -0.1) is 0 Å². The van der Waals surface area contributed by atoms with Gasteiger partial charge in [-0.1, -0.05) is 23.2 Å². The number of likely N-dealkylation sites (N-methyl/N-ethyl adjacent to an activating group) is 1. The van der Waals surface area contributed by atoms with Gasteiger partial charge in [-0.2, -0.15) is 4.72 Å². The summed E-state index contributed by atoms with van der Waals surface area (Å²) in [4.78, 5) is 21.9. The molecule has 1 unspecified atom stereocenters. The molecule has 1 aromatic rings. The molecule has 7 nitrogen and oxygen atoms in total. The molecule has 1 aromatic carbocycles. The van der Waals surface area contributed by atoms with E-state index < -0.39 is 43.4 Å². The second-order valence-corrected chi connectivity index (χ2v) is 6.52. The highest BCUT2D eigenvalue weighted by molar-refractivity contribution is 7.89. The summed E-state index contributed by atoms with van der Waals surface area (Å²) >= 11 is 11.5. The first-order valence-electron chi connectivity index (χ1n) is 5.56. The van der Waals surface area contributed by atoms with E-state index in [1.165, 1.54) is 14.0 Å². The summed E-state index contributed by atoms with van der Waals surface area (Å²) in [5, 5.41) is 10.7. The molecule has 1 amide bonds. The number of carboxylic acids is 1. The molecular weight excluding hydrogens is 343 g/mol. The number of carboxylic acid groups (broad SMARTS) is 1. The van der Waals surface area contributed by atoms with E-state index in [9.17, 15) is 18.0 Å². The fraction of sp³-hybridized carbons (Fsp3) is 0.273. The SMILES string of the molecule is CNC(=O)C(C)NS(=O)(=O)c1cc(Cl)cc(C(=O)O)c1Cl. The topological polar surface area (TPSA) is 113 Å². The number of aromatic carboxylic acids is 1. The lowest BCUT2D eigenvalue weighted by atomic mass is 10.2. The number of nitrogens with one attached hydrogen (secondary N) is 2. The molecule has 0 heterocycles. The number of benzene rings is 1. The van der Waals surface area contributed by atoms with Crippen molar-refractivity contribution < 1.29 is 23.1 Å².